The molecule has 0 saturated carbocycles. The Bertz CT molecular complexity index is 803. The number of carboxylic acid groups (broad SMARTS) is 1. The number of nitrogens with two attached hydrogens (primary N) is 1. The number of carbonyl (C=O) groups excluding carboxylic acids is 1. The Kier molecular flexibility index (Phi) is 6.90. The third-order valence-electron chi connectivity index (χ3n) is 3.78. The van der Waals surface area contributed by atoms with Gasteiger partial charge in [0.15, 0.2) is 6.61 Å². The van der Waals surface area contributed by atoms with Crippen LogP contribution in [0.15, 0.2) is 48.5 Å². The maximum absolute atomic E-state index is 12.3. The van der Waals surface area contributed by atoms with Gasteiger partial charge in [0.1, 0.15) is 11.6 Å². The number of benzene rings is 2. The van der Waals surface area contributed by atoms with Crippen LogP contribution in [0.25, 0.3) is 0 Å². The van der Waals surface area contributed by atoms with Crippen molar-refractivity contribution in [2.24, 2.45) is 5.73 Å². The van der Waals surface area contributed by atoms with Crippen LogP contribution in [0.2, 0.25) is 0 Å². The maximum atomic E-state index is 12.3. The first-order valence-electron chi connectivity index (χ1n) is 8.18. The van der Waals surface area contributed by atoms with Crippen molar-refractivity contribution < 1.29 is 24.5 Å². The van der Waals surface area contributed by atoms with Crippen LogP contribution in [-0.2, 0) is 11.2 Å². The molecule has 0 bridgehead atoms. The molecule has 0 heterocycles. The first-order chi connectivity index (χ1) is 12.9. The number of hydrogen-bond acceptors (Lipinski definition) is 5. The number of aliphatic carboxylic acids is 1. The van der Waals surface area contributed by atoms with Crippen LogP contribution >= 0.6 is 0 Å². The van der Waals surface area contributed by atoms with E-state index in [1.54, 1.807) is 48.5 Å². The van der Waals surface area contributed by atoms with Crippen LogP contribution in [0.1, 0.15) is 21.5 Å². The number of rotatable bonds is 9. The highest BCUT2D eigenvalue weighted by molar-refractivity contribution is 5.98. The molecule has 2 aromatic carbocycles. The van der Waals surface area contributed by atoms with Crippen LogP contribution in [0.3, 0.4) is 0 Å². The fourth-order valence-electron chi connectivity index (χ4n) is 2.38. The topological polar surface area (TPSA) is 146 Å². The minimum atomic E-state index is -1.06. The van der Waals surface area contributed by atoms with Crippen molar-refractivity contribution in [3.05, 3.63) is 65.2 Å². The number of ether oxygens (including phenoxy) is 1. The summed E-state index contributed by atoms with van der Waals surface area (Å²) in [5.41, 5.74) is 7.16. The van der Waals surface area contributed by atoms with Crippen LogP contribution < -0.4 is 15.8 Å². The van der Waals surface area contributed by atoms with Gasteiger partial charge in [0.25, 0.3) is 5.91 Å². The lowest BCUT2D eigenvalue weighted by molar-refractivity contribution is -0.139. The summed E-state index contributed by atoms with van der Waals surface area (Å²) >= 11 is 0. The van der Waals surface area contributed by atoms with E-state index >= 15 is 0 Å². The van der Waals surface area contributed by atoms with Crippen LogP contribution in [0.5, 0.6) is 5.75 Å². The normalized spacial score (nSPS) is 11.4. The number of nitrogen functional groups attached to an aromatic ring is 1. The van der Waals surface area contributed by atoms with E-state index in [1.807, 2.05) is 0 Å². The van der Waals surface area contributed by atoms with Crippen molar-refractivity contribution in [1.82, 2.24) is 5.32 Å². The monoisotopic (exact) mass is 371 g/mol. The van der Waals surface area contributed by atoms with Gasteiger partial charge < -0.3 is 26.0 Å². The molecule has 142 valence electrons. The molecular weight excluding hydrogens is 350 g/mol. The van der Waals surface area contributed by atoms with Crippen LogP contribution in [0, 0.1) is 5.41 Å². The first-order valence-corrected chi connectivity index (χ1v) is 8.18. The molecule has 1 amide bonds. The number of amides is 1. The highest BCUT2D eigenvalue weighted by atomic mass is 16.5. The molecule has 0 aliphatic carbocycles. The van der Waals surface area contributed by atoms with Crippen LogP contribution in [0.4, 0.5) is 0 Å². The lowest BCUT2D eigenvalue weighted by Gasteiger charge is -2.17. The average Bonchev–Trinajstić information content (AvgIpc) is 2.66. The van der Waals surface area contributed by atoms with Crippen molar-refractivity contribution in [2.45, 2.75) is 12.5 Å². The number of hydrogen-bond donors (Lipinski definition) is 5. The summed E-state index contributed by atoms with van der Waals surface area (Å²) in [5.74, 6) is -1.05. The van der Waals surface area contributed by atoms with Gasteiger partial charge in [-0.25, -0.2) is 4.79 Å². The maximum Gasteiger partial charge on any atom is 0.341 e. The van der Waals surface area contributed by atoms with E-state index in [2.05, 4.69) is 5.32 Å². The zero-order chi connectivity index (χ0) is 19.8. The van der Waals surface area contributed by atoms with E-state index in [4.69, 9.17) is 21.0 Å². The molecule has 8 nitrogen and oxygen atoms in total. The van der Waals surface area contributed by atoms with Gasteiger partial charge in [0.2, 0.25) is 0 Å². The van der Waals surface area contributed by atoms with Gasteiger partial charge in [-0.1, -0.05) is 24.3 Å². The van der Waals surface area contributed by atoms with Gasteiger partial charge >= 0.3 is 5.97 Å². The van der Waals surface area contributed by atoms with Crippen molar-refractivity contribution >= 4 is 17.7 Å². The van der Waals surface area contributed by atoms with E-state index in [0.29, 0.717) is 23.3 Å². The number of aliphatic hydroxyl groups excluding tert-OH is 1. The van der Waals surface area contributed by atoms with Gasteiger partial charge in [0.05, 0.1) is 12.6 Å². The quantitative estimate of drug-likeness (QED) is 0.325. The third-order valence-corrected chi connectivity index (χ3v) is 3.78. The Morgan fingerprint density at radius 2 is 1.67 bits per heavy atom. The molecule has 1 atom stereocenters. The molecule has 6 N–H and O–H groups in total. The van der Waals surface area contributed by atoms with E-state index in [9.17, 15) is 14.7 Å². The summed E-state index contributed by atoms with van der Waals surface area (Å²) in [7, 11) is 0. The summed E-state index contributed by atoms with van der Waals surface area (Å²) in [5, 5.41) is 28.2. The standard InChI is InChI=1S/C19H21N3O5/c20-18(21)13-3-5-14(6-4-13)19(26)22-15(10-23)9-12-1-7-16(8-2-12)27-11-17(24)25/h1-8,15,23H,9-11H2,(H3,20,21)(H,22,26)(H,24,25). The number of amidine groups is 1. The molecule has 0 fully saturated rings. The Labute approximate surface area is 156 Å². The zero-order valence-electron chi connectivity index (χ0n) is 14.5. The number of nitrogens with one attached hydrogen (secondary N) is 2. The zero-order valence-corrected chi connectivity index (χ0v) is 14.5. The first kappa shape index (κ1) is 19.9. The predicted molar refractivity (Wildman–Crippen MR) is 99.1 cm³/mol. The number of carboxylic acids is 1. The van der Waals surface area contributed by atoms with Crippen molar-refractivity contribution in [1.29, 1.82) is 5.41 Å². The second kappa shape index (κ2) is 9.35. The Hall–Kier alpha value is -3.39. The fourth-order valence-corrected chi connectivity index (χ4v) is 2.38. The molecule has 0 aliphatic heterocycles. The van der Waals surface area contributed by atoms with E-state index < -0.39 is 18.6 Å². The SMILES string of the molecule is N=C(N)c1ccc(C(=O)NC(CO)Cc2ccc(OCC(=O)O)cc2)cc1. The number of aliphatic hydroxyl groups is 1. The summed E-state index contributed by atoms with van der Waals surface area (Å²) in [6.45, 7) is -0.661. The second-order valence-corrected chi connectivity index (χ2v) is 5.87. The Balaban J connectivity index is 1.95. The molecule has 0 saturated heterocycles. The van der Waals surface area contributed by atoms with Gasteiger partial charge in [-0.2, -0.15) is 0 Å². The summed E-state index contributed by atoms with van der Waals surface area (Å²) in [6.07, 6.45) is 0.396. The molecule has 0 aromatic heterocycles. The summed E-state index contributed by atoms with van der Waals surface area (Å²) in [4.78, 5) is 22.8. The van der Waals surface area contributed by atoms with Crippen molar-refractivity contribution in [2.75, 3.05) is 13.2 Å². The highest BCUT2D eigenvalue weighted by Gasteiger charge is 2.14. The molecule has 8 heteroatoms. The predicted octanol–water partition coefficient (Wildman–Crippen LogP) is 0.767. The van der Waals surface area contributed by atoms with Gasteiger partial charge in [-0.3, -0.25) is 10.2 Å². The molecule has 1 unspecified atom stereocenters. The molecule has 0 spiro atoms. The molecule has 0 radical (unpaired) electrons. The van der Waals surface area contributed by atoms with Gasteiger partial charge in [0, 0.05) is 11.1 Å². The molecule has 27 heavy (non-hydrogen) atoms. The van der Waals surface area contributed by atoms with E-state index in [0.717, 1.165) is 5.56 Å². The fraction of sp³-hybridized carbons (Fsp3) is 0.211. The van der Waals surface area contributed by atoms with E-state index in [-0.39, 0.29) is 18.3 Å². The molecule has 2 rings (SSSR count). The summed E-state index contributed by atoms with van der Waals surface area (Å²) < 4.78 is 5.06. The largest absolute Gasteiger partial charge is 0.482 e. The lowest BCUT2D eigenvalue weighted by Crippen LogP contribution is -2.39. The Morgan fingerprint density at radius 3 is 2.19 bits per heavy atom. The molecular formula is C19H21N3O5. The second-order valence-electron chi connectivity index (χ2n) is 5.87. The van der Waals surface area contributed by atoms with Crippen LogP contribution in [-0.4, -0.2) is 47.2 Å². The van der Waals surface area contributed by atoms with Gasteiger partial charge in [-0.05, 0) is 36.2 Å². The smallest absolute Gasteiger partial charge is 0.341 e. The van der Waals surface area contributed by atoms with Crippen molar-refractivity contribution in [3.63, 3.8) is 0 Å². The van der Waals surface area contributed by atoms with Gasteiger partial charge in [-0.15, -0.1) is 0 Å². The highest BCUT2D eigenvalue weighted by Crippen LogP contribution is 2.14. The lowest BCUT2D eigenvalue weighted by atomic mass is 10.1. The summed E-state index contributed by atoms with van der Waals surface area (Å²) in [6, 6.07) is 12.6. The third kappa shape index (κ3) is 6.12. The average molecular weight is 371 g/mol. The molecule has 2 aromatic rings. The number of carbonyl (C=O) groups is 2. The van der Waals surface area contributed by atoms with Crippen molar-refractivity contribution in [3.8, 4) is 5.75 Å². The minimum absolute atomic E-state index is 0.0778. The minimum Gasteiger partial charge on any atom is -0.482 e. The molecule has 0 aliphatic rings. The van der Waals surface area contributed by atoms with E-state index in [1.165, 1.54) is 0 Å². The Morgan fingerprint density at radius 1 is 1.07 bits per heavy atom.